The maximum absolute atomic E-state index is 11.8. The first kappa shape index (κ1) is 23.0. The van der Waals surface area contributed by atoms with Crippen molar-refractivity contribution in [2.45, 2.75) is 33.3 Å². The Bertz CT molecular complexity index is 1520. The number of hydrogen-bond acceptors (Lipinski definition) is 4. The fourth-order valence-electron chi connectivity index (χ4n) is 4.18. The van der Waals surface area contributed by atoms with Gasteiger partial charge in [0.1, 0.15) is 17.9 Å². The number of aromatic amines is 1. The van der Waals surface area contributed by atoms with Crippen molar-refractivity contribution >= 4 is 39.6 Å². The second-order valence-electron chi connectivity index (χ2n) is 9.35. The van der Waals surface area contributed by atoms with Gasteiger partial charge in [-0.25, -0.2) is 4.98 Å². The van der Waals surface area contributed by atoms with Gasteiger partial charge in [0.2, 0.25) is 0 Å². The molecule has 178 valence electrons. The van der Waals surface area contributed by atoms with E-state index in [1.54, 1.807) is 20.1 Å². The van der Waals surface area contributed by atoms with E-state index < -0.39 is 11.4 Å². The molecule has 2 aromatic carbocycles. The summed E-state index contributed by atoms with van der Waals surface area (Å²) < 4.78 is 11.4. The minimum Gasteiger partial charge on any atom is -0.487 e. The fraction of sp³-hybridized carbons (Fsp3) is 0.214. The molecular weight excluding hydrogens is 464 g/mol. The molecule has 0 bridgehead atoms. The van der Waals surface area contributed by atoms with Gasteiger partial charge >= 0.3 is 5.97 Å². The van der Waals surface area contributed by atoms with Crippen LogP contribution in [-0.2, 0) is 24.2 Å². The molecule has 0 unspecified atom stereocenters. The van der Waals surface area contributed by atoms with E-state index in [2.05, 4.69) is 9.97 Å². The minimum atomic E-state index is -0.910. The number of carboxylic acids is 1. The summed E-state index contributed by atoms with van der Waals surface area (Å²) in [6.45, 7) is 3.80. The Labute approximate surface area is 207 Å². The Morgan fingerprint density at radius 2 is 1.91 bits per heavy atom. The molecule has 0 atom stereocenters. The zero-order valence-electron chi connectivity index (χ0n) is 19.5. The number of H-pyrrole nitrogens is 1. The van der Waals surface area contributed by atoms with Gasteiger partial charge in [0, 0.05) is 34.1 Å². The lowest BCUT2D eigenvalue weighted by Gasteiger charge is -2.19. The molecule has 6 nitrogen and oxygen atoms in total. The van der Waals surface area contributed by atoms with Crippen LogP contribution in [0.5, 0.6) is 5.75 Å². The molecule has 0 fully saturated rings. The molecule has 3 heterocycles. The van der Waals surface area contributed by atoms with Crippen molar-refractivity contribution in [3.8, 4) is 5.75 Å². The van der Waals surface area contributed by atoms with Gasteiger partial charge < -0.3 is 19.2 Å². The second kappa shape index (κ2) is 9.12. The number of benzene rings is 2. The van der Waals surface area contributed by atoms with Crippen LogP contribution in [0.1, 0.15) is 36.4 Å². The summed E-state index contributed by atoms with van der Waals surface area (Å²) in [6.07, 6.45) is 2.64. The van der Waals surface area contributed by atoms with Gasteiger partial charge in [0.05, 0.1) is 17.4 Å². The highest BCUT2D eigenvalue weighted by Gasteiger charge is 2.29. The van der Waals surface area contributed by atoms with E-state index in [1.165, 1.54) is 0 Å². The van der Waals surface area contributed by atoms with Crippen LogP contribution in [-0.4, -0.2) is 21.0 Å². The van der Waals surface area contributed by atoms with Gasteiger partial charge in [-0.15, -0.1) is 0 Å². The lowest BCUT2D eigenvalue weighted by Crippen LogP contribution is -2.26. The first-order valence-electron chi connectivity index (χ1n) is 11.4. The van der Waals surface area contributed by atoms with Crippen molar-refractivity contribution < 1.29 is 19.1 Å². The number of rotatable bonds is 8. The summed E-state index contributed by atoms with van der Waals surface area (Å²) in [7, 11) is 0. The van der Waals surface area contributed by atoms with Crippen molar-refractivity contribution in [3.63, 3.8) is 0 Å². The first-order chi connectivity index (χ1) is 16.8. The van der Waals surface area contributed by atoms with E-state index in [9.17, 15) is 9.90 Å². The van der Waals surface area contributed by atoms with Gasteiger partial charge in [0.25, 0.3) is 0 Å². The van der Waals surface area contributed by atoms with Crippen LogP contribution in [0.25, 0.3) is 22.0 Å². The Balaban J connectivity index is 1.47. The summed E-state index contributed by atoms with van der Waals surface area (Å²) in [4.78, 5) is 19.8. The molecule has 0 saturated heterocycles. The number of aromatic nitrogens is 2. The van der Waals surface area contributed by atoms with Crippen LogP contribution in [0.4, 0.5) is 0 Å². The Kier molecular flexibility index (Phi) is 5.99. The summed E-state index contributed by atoms with van der Waals surface area (Å²) in [5.41, 5.74) is 5.43. The van der Waals surface area contributed by atoms with E-state index in [1.807, 2.05) is 60.7 Å². The molecular formula is C28H25ClN2O4. The van der Waals surface area contributed by atoms with Crippen molar-refractivity contribution in [2.75, 3.05) is 0 Å². The number of nitrogens with zero attached hydrogens (tertiary/aromatic N) is 1. The molecule has 0 spiro atoms. The normalized spacial score (nSPS) is 11.9. The fourth-order valence-corrected chi connectivity index (χ4v) is 4.31. The standard InChI is InChI=1S/C28H25ClN2O4/c1-28(2,27(32)33)15-25-21(13-17-3-5-18(29)6-4-17)22-14-20(8-9-23(22)31-25)35-16-19-7-10-26-24(30-19)11-12-34-26/h3-12,14,31H,13,15-16H2,1-2H3,(H,32,33). The summed E-state index contributed by atoms with van der Waals surface area (Å²) in [6, 6.07) is 19.2. The van der Waals surface area contributed by atoms with Gasteiger partial charge in [0.15, 0.2) is 5.58 Å². The van der Waals surface area contributed by atoms with Crippen LogP contribution in [0.3, 0.4) is 0 Å². The number of carbonyl (C=O) groups is 1. The molecule has 5 rings (SSSR count). The molecule has 0 amide bonds. The predicted octanol–water partition coefficient (Wildman–Crippen LogP) is 6.79. The van der Waals surface area contributed by atoms with Crippen LogP contribution in [0.2, 0.25) is 5.02 Å². The molecule has 7 heteroatoms. The number of aliphatic carboxylic acids is 1. The van der Waals surface area contributed by atoms with Crippen molar-refractivity contribution in [3.05, 3.63) is 94.5 Å². The SMILES string of the molecule is CC(C)(Cc1[nH]c2ccc(OCc3ccc4occc4n3)cc2c1Cc1ccc(Cl)cc1)C(=O)O. The van der Waals surface area contributed by atoms with E-state index in [-0.39, 0.29) is 0 Å². The van der Waals surface area contributed by atoms with Crippen LogP contribution >= 0.6 is 11.6 Å². The van der Waals surface area contributed by atoms with E-state index >= 15 is 0 Å². The number of fused-ring (bicyclic) bond motifs is 2. The Morgan fingerprint density at radius 3 is 2.69 bits per heavy atom. The second-order valence-corrected chi connectivity index (χ2v) is 9.79. The average molecular weight is 489 g/mol. The lowest BCUT2D eigenvalue weighted by molar-refractivity contribution is -0.146. The molecule has 0 saturated carbocycles. The number of ether oxygens (including phenoxy) is 1. The maximum atomic E-state index is 11.8. The van der Waals surface area contributed by atoms with Crippen LogP contribution in [0, 0.1) is 5.41 Å². The molecule has 35 heavy (non-hydrogen) atoms. The highest BCUT2D eigenvalue weighted by atomic mass is 35.5. The smallest absolute Gasteiger partial charge is 0.309 e. The number of pyridine rings is 1. The van der Waals surface area contributed by atoms with Gasteiger partial charge in [-0.1, -0.05) is 23.7 Å². The third-order valence-electron chi connectivity index (χ3n) is 6.21. The predicted molar refractivity (Wildman–Crippen MR) is 136 cm³/mol. The highest BCUT2D eigenvalue weighted by molar-refractivity contribution is 6.30. The number of hydrogen-bond donors (Lipinski definition) is 2. The topological polar surface area (TPSA) is 88.4 Å². The zero-order valence-corrected chi connectivity index (χ0v) is 20.2. The largest absolute Gasteiger partial charge is 0.487 e. The molecule has 3 aromatic heterocycles. The van der Waals surface area contributed by atoms with E-state index in [4.69, 9.17) is 20.8 Å². The zero-order chi connectivity index (χ0) is 24.6. The van der Waals surface area contributed by atoms with Crippen molar-refractivity contribution in [1.82, 2.24) is 9.97 Å². The Hall–Kier alpha value is -3.77. The lowest BCUT2D eigenvalue weighted by atomic mass is 9.86. The number of nitrogens with one attached hydrogen (secondary N) is 1. The monoisotopic (exact) mass is 488 g/mol. The molecule has 2 N–H and O–H groups in total. The first-order valence-corrected chi connectivity index (χ1v) is 11.7. The van der Waals surface area contributed by atoms with Crippen molar-refractivity contribution in [1.29, 1.82) is 0 Å². The Morgan fingerprint density at radius 1 is 1.11 bits per heavy atom. The maximum Gasteiger partial charge on any atom is 0.309 e. The molecule has 0 aliphatic rings. The number of furan rings is 1. The molecule has 0 aliphatic heterocycles. The van der Waals surface area contributed by atoms with Gasteiger partial charge in [-0.05, 0) is 73.9 Å². The van der Waals surface area contributed by atoms with Gasteiger partial charge in [-0.3, -0.25) is 4.79 Å². The van der Waals surface area contributed by atoms with Crippen LogP contribution in [0.15, 0.2) is 71.3 Å². The van der Waals surface area contributed by atoms with E-state index in [0.717, 1.165) is 44.5 Å². The third-order valence-corrected chi connectivity index (χ3v) is 6.46. The van der Waals surface area contributed by atoms with Gasteiger partial charge in [-0.2, -0.15) is 0 Å². The summed E-state index contributed by atoms with van der Waals surface area (Å²) in [5.74, 6) is -0.119. The summed E-state index contributed by atoms with van der Waals surface area (Å²) in [5, 5.41) is 11.4. The molecule has 0 radical (unpaired) electrons. The molecule has 5 aromatic rings. The van der Waals surface area contributed by atoms with E-state index in [0.29, 0.717) is 30.2 Å². The summed E-state index contributed by atoms with van der Waals surface area (Å²) >= 11 is 6.08. The number of carboxylic acid groups (broad SMARTS) is 1. The average Bonchev–Trinajstić information content (AvgIpc) is 3.43. The minimum absolute atomic E-state index is 0.322. The quantitative estimate of drug-likeness (QED) is 0.251. The molecule has 0 aliphatic carbocycles. The van der Waals surface area contributed by atoms with Crippen LogP contribution < -0.4 is 4.74 Å². The highest BCUT2D eigenvalue weighted by Crippen LogP contribution is 2.33. The number of halogens is 1. The third kappa shape index (κ3) is 4.88. The van der Waals surface area contributed by atoms with Crippen molar-refractivity contribution in [2.24, 2.45) is 5.41 Å².